The van der Waals surface area contributed by atoms with Crippen LogP contribution in [-0.4, -0.2) is 71.1 Å². The lowest BCUT2D eigenvalue weighted by atomic mass is 9.81. The average Bonchev–Trinajstić information content (AvgIpc) is 3.62. The van der Waals surface area contributed by atoms with E-state index in [1.807, 2.05) is 32.0 Å². The Morgan fingerprint density at radius 2 is 1.86 bits per heavy atom. The Hall–Kier alpha value is -2.93. The molecule has 2 aromatic heterocycles. The van der Waals surface area contributed by atoms with Crippen molar-refractivity contribution in [3.63, 3.8) is 0 Å². The molecule has 1 saturated carbocycles. The largest absolute Gasteiger partial charge is 0.393 e. The number of pyridine rings is 1. The minimum Gasteiger partial charge on any atom is -0.393 e. The van der Waals surface area contributed by atoms with Crippen LogP contribution in [0, 0.1) is 18.3 Å². The minimum absolute atomic E-state index is 0.0511. The van der Waals surface area contributed by atoms with Crippen LogP contribution in [0.15, 0.2) is 24.4 Å². The third-order valence-electron chi connectivity index (χ3n) is 6.21. The second kappa shape index (κ2) is 15.1. The van der Waals surface area contributed by atoms with Crippen LogP contribution >= 0.6 is 0 Å². The van der Waals surface area contributed by atoms with Gasteiger partial charge in [-0.3, -0.25) is 5.10 Å². The Balaban J connectivity index is 0.000000243. The molecule has 2 aliphatic heterocycles. The Labute approximate surface area is 209 Å². The fraction of sp³-hybridized carbons (Fsp3) is 0.577. The highest BCUT2D eigenvalue weighted by Crippen LogP contribution is 2.39. The van der Waals surface area contributed by atoms with Crippen LogP contribution < -0.4 is 10.2 Å². The van der Waals surface area contributed by atoms with Gasteiger partial charge < -0.3 is 30.2 Å². The van der Waals surface area contributed by atoms with Gasteiger partial charge in [0.2, 0.25) is 0 Å². The van der Waals surface area contributed by atoms with Crippen LogP contribution in [0.25, 0.3) is 0 Å². The maximum absolute atomic E-state index is 9.30. The van der Waals surface area contributed by atoms with E-state index in [-0.39, 0.29) is 11.7 Å². The van der Waals surface area contributed by atoms with Gasteiger partial charge in [0.05, 0.1) is 31.1 Å². The molecule has 0 unspecified atom stereocenters. The molecule has 2 aromatic rings. The van der Waals surface area contributed by atoms with Crippen LogP contribution in [0.2, 0.25) is 0 Å². The lowest BCUT2D eigenvalue weighted by Crippen LogP contribution is -2.36. The van der Waals surface area contributed by atoms with Gasteiger partial charge in [-0.2, -0.15) is 5.10 Å². The number of nitrogens with zero attached hydrogens (tertiary/aromatic N) is 3. The number of hydrogen-bond donors (Lipinski definition) is 4. The number of ether oxygens (including phenoxy) is 2. The van der Waals surface area contributed by atoms with Crippen molar-refractivity contribution in [2.75, 3.05) is 43.1 Å². The van der Waals surface area contributed by atoms with Gasteiger partial charge in [0.25, 0.3) is 0 Å². The number of nitrogens with one attached hydrogen (secondary N) is 3. The Morgan fingerprint density at radius 3 is 2.43 bits per heavy atom. The highest BCUT2D eigenvalue weighted by atomic mass is 16.5. The number of aromatic nitrogens is 3. The molecule has 0 amide bonds. The Morgan fingerprint density at radius 1 is 1.14 bits per heavy atom. The number of aromatic amines is 1. The van der Waals surface area contributed by atoms with Crippen molar-refractivity contribution in [2.24, 2.45) is 0 Å². The zero-order valence-corrected chi connectivity index (χ0v) is 21.0. The fourth-order valence-electron chi connectivity index (χ4n) is 4.38. The lowest BCUT2D eigenvalue weighted by Gasteiger charge is -2.34. The molecule has 9 nitrogen and oxygen atoms in total. The van der Waals surface area contributed by atoms with Crippen molar-refractivity contribution in [1.82, 2.24) is 15.2 Å². The third-order valence-corrected chi connectivity index (χ3v) is 6.21. The summed E-state index contributed by atoms with van der Waals surface area (Å²) in [4.78, 5) is 6.78. The number of aliphatic hydroxyl groups excluding tert-OH is 1. The predicted molar refractivity (Wildman–Crippen MR) is 141 cm³/mol. The summed E-state index contributed by atoms with van der Waals surface area (Å²) in [6.45, 7) is 8.05. The van der Waals surface area contributed by atoms with E-state index < -0.39 is 0 Å². The number of rotatable bonds is 4. The third kappa shape index (κ3) is 8.35. The number of aliphatic hydroxyl groups is 1. The maximum atomic E-state index is 9.30. The van der Waals surface area contributed by atoms with Crippen molar-refractivity contribution in [3.8, 4) is 12.8 Å². The summed E-state index contributed by atoms with van der Waals surface area (Å²) in [5.41, 5.74) is 0.927. The van der Waals surface area contributed by atoms with E-state index in [4.69, 9.17) is 14.9 Å². The molecule has 1 spiro atoms. The second-order valence-corrected chi connectivity index (χ2v) is 8.31. The predicted octanol–water partition coefficient (Wildman–Crippen LogP) is 4.13. The maximum Gasteiger partial charge on any atom is 0.142 e. The standard InChI is InChI=1S/C13H16N6O.C9H16O2.C2H6.C2H2/c14-9-10-1-2-12(19-5-7-20-8-6-19)17-13(10)16-11-3-4-15-18-11;10-8-2-5-9(6-3-8)4-1-7-11-9;2*1-2/h1-4,9,14H,5-8H2,(H2,15,16,17,18);8,10H,1-7H2;1-2H3;1-2H. The molecule has 3 fully saturated rings. The van der Waals surface area contributed by atoms with E-state index in [2.05, 4.69) is 38.2 Å². The number of terminal acetylenes is 1. The van der Waals surface area contributed by atoms with Gasteiger partial charge in [0, 0.05) is 37.5 Å². The van der Waals surface area contributed by atoms with Gasteiger partial charge in [0.15, 0.2) is 0 Å². The van der Waals surface area contributed by atoms with Crippen LogP contribution in [0.4, 0.5) is 17.5 Å². The highest BCUT2D eigenvalue weighted by Gasteiger charge is 2.38. The molecule has 35 heavy (non-hydrogen) atoms. The smallest absolute Gasteiger partial charge is 0.142 e. The molecule has 0 aromatic carbocycles. The summed E-state index contributed by atoms with van der Waals surface area (Å²) >= 11 is 0. The second-order valence-electron chi connectivity index (χ2n) is 8.31. The molecule has 192 valence electrons. The number of H-pyrrole nitrogens is 1. The van der Waals surface area contributed by atoms with Gasteiger partial charge in [-0.05, 0) is 50.7 Å². The Bertz CT molecular complexity index is 864. The SMILES string of the molecule is C#C.CC.N=Cc1ccc(N2CCOCC2)nc1Nc1ccn[nH]1.OC1CCC2(CCCO2)CC1. The molecule has 9 heteroatoms. The molecule has 5 rings (SSSR count). The zero-order valence-electron chi connectivity index (χ0n) is 21.0. The molecule has 2 saturated heterocycles. The summed E-state index contributed by atoms with van der Waals surface area (Å²) in [6.07, 6.45) is 17.4. The summed E-state index contributed by atoms with van der Waals surface area (Å²) < 4.78 is 11.1. The first-order chi connectivity index (χ1) is 17.2. The summed E-state index contributed by atoms with van der Waals surface area (Å²) in [6, 6.07) is 5.64. The monoisotopic (exact) mass is 484 g/mol. The molecule has 0 radical (unpaired) electrons. The van der Waals surface area contributed by atoms with E-state index in [1.54, 1.807) is 6.20 Å². The molecule has 0 bridgehead atoms. The number of morpholine rings is 1. The van der Waals surface area contributed by atoms with Gasteiger partial charge in [-0.25, -0.2) is 4.98 Å². The van der Waals surface area contributed by atoms with E-state index >= 15 is 0 Å². The molecular formula is C26H40N6O3. The molecule has 0 atom stereocenters. The summed E-state index contributed by atoms with van der Waals surface area (Å²) in [5.74, 6) is 2.29. The van der Waals surface area contributed by atoms with Crippen LogP contribution in [0.5, 0.6) is 0 Å². The van der Waals surface area contributed by atoms with E-state index in [1.165, 1.54) is 19.1 Å². The highest BCUT2D eigenvalue weighted by molar-refractivity contribution is 5.86. The van der Waals surface area contributed by atoms with Gasteiger partial charge in [-0.1, -0.05) is 13.8 Å². The van der Waals surface area contributed by atoms with Crippen molar-refractivity contribution in [2.45, 2.75) is 64.1 Å². The number of anilines is 3. The van der Waals surface area contributed by atoms with Gasteiger partial charge >= 0.3 is 0 Å². The van der Waals surface area contributed by atoms with Crippen LogP contribution in [-0.2, 0) is 9.47 Å². The molecular weight excluding hydrogens is 444 g/mol. The van der Waals surface area contributed by atoms with E-state index in [0.717, 1.165) is 75.8 Å². The first-order valence-corrected chi connectivity index (χ1v) is 12.4. The number of hydrogen-bond acceptors (Lipinski definition) is 8. The Kier molecular flexibility index (Phi) is 12.2. The first-order valence-electron chi connectivity index (χ1n) is 12.4. The van der Waals surface area contributed by atoms with Crippen molar-refractivity contribution in [3.05, 3.63) is 30.0 Å². The molecule has 4 N–H and O–H groups in total. The quantitative estimate of drug-likeness (QED) is 0.380. The van der Waals surface area contributed by atoms with Crippen molar-refractivity contribution >= 4 is 23.7 Å². The van der Waals surface area contributed by atoms with Crippen LogP contribution in [0.3, 0.4) is 0 Å². The summed E-state index contributed by atoms with van der Waals surface area (Å²) in [5, 5.41) is 26.6. The molecule has 1 aliphatic carbocycles. The normalized spacial score (nSPS) is 23.0. The first kappa shape index (κ1) is 28.3. The lowest BCUT2D eigenvalue weighted by molar-refractivity contribution is -0.0508. The van der Waals surface area contributed by atoms with Crippen molar-refractivity contribution < 1.29 is 14.6 Å². The van der Waals surface area contributed by atoms with Gasteiger partial charge in [0.1, 0.15) is 17.5 Å². The summed E-state index contributed by atoms with van der Waals surface area (Å²) in [7, 11) is 0. The minimum atomic E-state index is -0.0511. The molecule has 3 aliphatic rings. The van der Waals surface area contributed by atoms with E-state index in [0.29, 0.717) is 5.82 Å². The topological polar surface area (TPSA) is 119 Å². The molecule has 4 heterocycles. The van der Waals surface area contributed by atoms with Gasteiger partial charge in [-0.15, -0.1) is 12.8 Å². The van der Waals surface area contributed by atoms with Crippen LogP contribution in [0.1, 0.15) is 57.9 Å². The van der Waals surface area contributed by atoms with Crippen molar-refractivity contribution in [1.29, 1.82) is 5.41 Å². The zero-order chi connectivity index (χ0) is 25.5. The fourth-order valence-corrected chi connectivity index (χ4v) is 4.38. The van der Waals surface area contributed by atoms with E-state index in [9.17, 15) is 5.11 Å². The average molecular weight is 485 g/mol.